The number of aromatic nitrogens is 1. The van der Waals surface area contributed by atoms with Crippen LogP contribution >= 0.6 is 7.26 Å². The van der Waals surface area contributed by atoms with Gasteiger partial charge < -0.3 is 12.4 Å². The molecule has 3 aromatic carbocycles. The Hall–Kier alpha value is -2.47. The Kier molecular flexibility index (Phi) is 6.85. The predicted molar refractivity (Wildman–Crippen MR) is 123 cm³/mol. The highest BCUT2D eigenvalue weighted by atomic mass is 35.5. The van der Waals surface area contributed by atoms with Gasteiger partial charge in [0.15, 0.2) is 0 Å². The van der Waals surface area contributed by atoms with E-state index >= 15 is 0 Å². The fraction of sp³-hybridized carbons (Fsp3) is 0.115. The van der Waals surface area contributed by atoms with Gasteiger partial charge in [0.05, 0.1) is 0 Å². The molecule has 3 heteroatoms. The van der Waals surface area contributed by atoms with Gasteiger partial charge in [-0.1, -0.05) is 54.6 Å². The zero-order valence-electron chi connectivity index (χ0n) is 16.7. The number of pyridine rings is 1. The third kappa shape index (κ3) is 3.99. The topological polar surface area (TPSA) is 12.9 Å². The van der Waals surface area contributed by atoms with Crippen molar-refractivity contribution in [3.05, 3.63) is 121 Å². The van der Waals surface area contributed by atoms with Crippen molar-refractivity contribution in [1.82, 2.24) is 4.98 Å². The molecule has 4 rings (SSSR count). The summed E-state index contributed by atoms with van der Waals surface area (Å²) in [6, 6.07) is 35.4. The summed E-state index contributed by atoms with van der Waals surface area (Å²) < 4.78 is 0. The van der Waals surface area contributed by atoms with Crippen LogP contribution in [0.3, 0.4) is 0 Å². The van der Waals surface area contributed by atoms with E-state index in [1.165, 1.54) is 27.0 Å². The Bertz CT molecular complexity index is 939. The van der Waals surface area contributed by atoms with Crippen LogP contribution in [0.15, 0.2) is 109 Å². The molecule has 0 bridgehead atoms. The molecule has 1 nitrogen and oxygen atoms in total. The summed E-state index contributed by atoms with van der Waals surface area (Å²) in [7, 11) is -1.93. The average molecular weight is 418 g/mol. The SMILES string of the molecule is Cc1cncc(C(C)[P+](c2ccccc2)(c2ccccc2)c2ccccc2)c1.[Cl-]. The van der Waals surface area contributed by atoms with Crippen molar-refractivity contribution < 1.29 is 12.4 Å². The van der Waals surface area contributed by atoms with E-state index in [9.17, 15) is 0 Å². The van der Waals surface area contributed by atoms with Crippen molar-refractivity contribution in [3.8, 4) is 0 Å². The first kappa shape index (κ1) is 21.2. The molecule has 0 spiro atoms. The monoisotopic (exact) mass is 417 g/mol. The summed E-state index contributed by atoms with van der Waals surface area (Å²) in [6.07, 6.45) is 3.98. The molecule has 4 aromatic rings. The fourth-order valence-corrected chi connectivity index (χ4v) is 8.89. The van der Waals surface area contributed by atoms with Crippen molar-refractivity contribution in [2.45, 2.75) is 19.5 Å². The number of nitrogens with zero attached hydrogens (tertiary/aromatic N) is 1. The predicted octanol–water partition coefficient (Wildman–Crippen LogP) is 2.45. The maximum atomic E-state index is 4.52. The zero-order valence-corrected chi connectivity index (χ0v) is 18.4. The van der Waals surface area contributed by atoms with Crippen LogP contribution in [0.2, 0.25) is 0 Å². The Balaban J connectivity index is 0.00000240. The minimum atomic E-state index is -1.93. The first-order chi connectivity index (χ1) is 13.7. The van der Waals surface area contributed by atoms with Crippen LogP contribution < -0.4 is 28.3 Å². The van der Waals surface area contributed by atoms with Crippen molar-refractivity contribution >= 4 is 23.2 Å². The van der Waals surface area contributed by atoms with Crippen LogP contribution in [0.5, 0.6) is 0 Å². The van der Waals surface area contributed by atoms with Crippen molar-refractivity contribution in [2.24, 2.45) is 0 Å². The molecule has 29 heavy (non-hydrogen) atoms. The highest BCUT2D eigenvalue weighted by Crippen LogP contribution is 2.66. The van der Waals surface area contributed by atoms with E-state index in [0.29, 0.717) is 5.66 Å². The largest absolute Gasteiger partial charge is 1.00 e. The zero-order chi connectivity index (χ0) is 19.4. The molecule has 0 amide bonds. The third-order valence-corrected chi connectivity index (χ3v) is 10.2. The molecule has 0 fully saturated rings. The molecular formula is C26H25ClNP. The number of aryl methyl sites for hydroxylation is 1. The number of hydrogen-bond donors (Lipinski definition) is 0. The second-order valence-electron chi connectivity index (χ2n) is 7.20. The Labute approximate surface area is 180 Å². The van der Waals surface area contributed by atoms with Crippen molar-refractivity contribution in [1.29, 1.82) is 0 Å². The van der Waals surface area contributed by atoms with E-state index in [1.807, 2.05) is 12.4 Å². The highest BCUT2D eigenvalue weighted by molar-refractivity contribution is 7.95. The molecule has 0 aliphatic carbocycles. The summed E-state index contributed by atoms with van der Waals surface area (Å²) in [5, 5.41) is 4.21. The van der Waals surface area contributed by atoms with E-state index in [4.69, 9.17) is 0 Å². The molecule has 0 radical (unpaired) electrons. The molecule has 0 aliphatic rings. The minimum absolute atomic E-state index is 0. The average Bonchev–Trinajstić information content (AvgIpc) is 2.76. The van der Waals surface area contributed by atoms with Gasteiger partial charge in [-0.05, 0) is 61.9 Å². The first-order valence-electron chi connectivity index (χ1n) is 9.70. The number of halogens is 1. The molecule has 0 aliphatic heterocycles. The van der Waals surface area contributed by atoms with Gasteiger partial charge in [0.2, 0.25) is 0 Å². The Morgan fingerprint density at radius 1 is 0.655 bits per heavy atom. The molecule has 1 heterocycles. The number of hydrogen-bond acceptors (Lipinski definition) is 1. The van der Waals surface area contributed by atoms with Crippen LogP contribution in [0.4, 0.5) is 0 Å². The lowest BCUT2D eigenvalue weighted by Crippen LogP contribution is -3.00. The maximum absolute atomic E-state index is 4.52. The molecule has 1 atom stereocenters. The minimum Gasteiger partial charge on any atom is -1.00 e. The van der Waals surface area contributed by atoms with Gasteiger partial charge in [-0.3, -0.25) is 4.98 Å². The lowest BCUT2D eigenvalue weighted by molar-refractivity contribution is -0.00000559. The van der Waals surface area contributed by atoms with Crippen molar-refractivity contribution in [3.63, 3.8) is 0 Å². The van der Waals surface area contributed by atoms with Crippen molar-refractivity contribution in [2.75, 3.05) is 0 Å². The summed E-state index contributed by atoms with van der Waals surface area (Å²) in [4.78, 5) is 4.52. The molecule has 1 unspecified atom stereocenters. The Morgan fingerprint density at radius 2 is 1.07 bits per heavy atom. The summed E-state index contributed by atoms with van der Waals surface area (Å²) in [6.45, 7) is 4.49. The number of rotatable bonds is 5. The normalized spacial score (nSPS) is 12.1. The standard InChI is InChI=1S/C26H25NP.ClH/c1-21-18-23(20-27-19-21)22(2)28(24-12-6-3-7-13-24,25-14-8-4-9-15-25)26-16-10-5-11-17-26;/h3-20,22H,1-2H3;1H/q+1;/p-1. The number of benzene rings is 3. The van der Waals surface area contributed by atoms with Crippen LogP contribution in [0.25, 0.3) is 0 Å². The van der Waals surface area contributed by atoms with Crippen LogP contribution in [0.1, 0.15) is 23.7 Å². The maximum Gasteiger partial charge on any atom is 0.119 e. The second-order valence-corrected chi connectivity index (χ2v) is 11.0. The van der Waals surface area contributed by atoms with Crippen LogP contribution in [0, 0.1) is 6.92 Å². The molecular weight excluding hydrogens is 393 g/mol. The molecule has 1 aromatic heterocycles. The lowest BCUT2D eigenvalue weighted by atomic mass is 10.2. The fourth-order valence-electron chi connectivity index (χ4n) is 4.14. The van der Waals surface area contributed by atoms with Crippen LogP contribution in [-0.2, 0) is 0 Å². The van der Waals surface area contributed by atoms with Gasteiger partial charge in [-0.25, -0.2) is 0 Å². The molecule has 146 valence electrons. The second kappa shape index (κ2) is 9.35. The summed E-state index contributed by atoms with van der Waals surface area (Å²) >= 11 is 0. The molecule has 0 saturated heterocycles. The van der Waals surface area contributed by atoms with Gasteiger partial charge >= 0.3 is 0 Å². The van der Waals surface area contributed by atoms with E-state index < -0.39 is 7.26 Å². The first-order valence-corrected chi connectivity index (χ1v) is 11.6. The highest BCUT2D eigenvalue weighted by Gasteiger charge is 2.50. The summed E-state index contributed by atoms with van der Waals surface area (Å²) in [5.41, 5.74) is 2.81. The quantitative estimate of drug-likeness (QED) is 0.454. The van der Waals surface area contributed by atoms with E-state index in [1.54, 1.807) is 0 Å². The van der Waals surface area contributed by atoms with Gasteiger partial charge in [0.1, 0.15) is 28.8 Å². The van der Waals surface area contributed by atoms with Gasteiger partial charge in [-0.2, -0.15) is 0 Å². The van der Waals surface area contributed by atoms with E-state index in [2.05, 4.69) is 116 Å². The van der Waals surface area contributed by atoms with Crippen LogP contribution in [-0.4, -0.2) is 4.98 Å². The third-order valence-electron chi connectivity index (χ3n) is 5.45. The molecule has 0 N–H and O–H groups in total. The van der Waals surface area contributed by atoms with Gasteiger partial charge in [-0.15, -0.1) is 0 Å². The summed E-state index contributed by atoms with van der Waals surface area (Å²) in [5.74, 6) is 0. The lowest BCUT2D eigenvalue weighted by Gasteiger charge is -2.33. The molecule has 0 saturated carbocycles. The van der Waals surface area contributed by atoms with E-state index in [0.717, 1.165) is 0 Å². The van der Waals surface area contributed by atoms with Gasteiger partial charge in [0.25, 0.3) is 0 Å². The van der Waals surface area contributed by atoms with E-state index in [-0.39, 0.29) is 12.4 Å². The smallest absolute Gasteiger partial charge is 0.119 e. The Morgan fingerprint density at radius 3 is 1.45 bits per heavy atom. The van der Waals surface area contributed by atoms with Gasteiger partial charge in [0, 0.05) is 18.0 Å².